The monoisotopic (exact) mass is 375 g/mol. The fourth-order valence-corrected chi connectivity index (χ4v) is 4.95. The van der Waals surface area contributed by atoms with Gasteiger partial charge in [-0.15, -0.1) is 11.3 Å². The van der Waals surface area contributed by atoms with E-state index in [0.717, 1.165) is 15.1 Å². The molecule has 2 aromatic rings. The molecule has 0 unspecified atom stereocenters. The predicted molar refractivity (Wildman–Crippen MR) is 83.7 cm³/mol. The first kappa shape index (κ1) is 15.5. The Kier molecular flexibility index (Phi) is 4.85. The topological polar surface area (TPSA) is 55.4 Å². The lowest BCUT2D eigenvalue weighted by molar-refractivity contribution is 0.414. The molecule has 2 rings (SSSR count). The molecule has 0 fully saturated rings. The van der Waals surface area contributed by atoms with Crippen molar-refractivity contribution in [3.05, 3.63) is 45.7 Å². The first-order valence-corrected chi connectivity index (χ1v) is 8.93. The van der Waals surface area contributed by atoms with Crippen LogP contribution in [0.2, 0.25) is 0 Å². The molecule has 0 aliphatic rings. The molecule has 1 atom stereocenters. The van der Waals surface area contributed by atoms with Gasteiger partial charge in [0, 0.05) is 6.04 Å². The van der Waals surface area contributed by atoms with Crippen molar-refractivity contribution < 1.29 is 13.2 Å². The van der Waals surface area contributed by atoms with Gasteiger partial charge in [-0.3, -0.25) is 0 Å². The van der Waals surface area contributed by atoms with Crippen LogP contribution < -0.4 is 9.46 Å². The summed E-state index contributed by atoms with van der Waals surface area (Å²) in [6, 6.07) is 10.3. The van der Waals surface area contributed by atoms with Crippen molar-refractivity contribution in [3.8, 4) is 5.75 Å². The molecule has 0 aliphatic carbocycles. The van der Waals surface area contributed by atoms with Crippen molar-refractivity contribution in [3.63, 3.8) is 0 Å². The summed E-state index contributed by atoms with van der Waals surface area (Å²) in [5.41, 5.74) is 0.880. The maximum absolute atomic E-state index is 12.2. The number of hydrogen-bond donors (Lipinski definition) is 1. The Bertz CT molecular complexity index is 680. The number of halogens is 1. The normalized spacial score (nSPS) is 13.2. The second-order valence-corrected chi connectivity index (χ2v) is 8.58. The molecule has 0 aliphatic heterocycles. The molecule has 20 heavy (non-hydrogen) atoms. The van der Waals surface area contributed by atoms with Crippen molar-refractivity contribution in [2.45, 2.75) is 17.2 Å². The second-order valence-electron chi connectivity index (χ2n) is 4.17. The molecular formula is C13H14BrNO3S2. The molecule has 0 saturated carbocycles. The average Bonchev–Trinajstić information content (AvgIpc) is 2.86. The van der Waals surface area contributed by atoms with E-state index in [1.54, 1.807) is 19.2 Å². The van der Waals surface area contributed by atoms with Gasteiger partial charge in [-0.25, -0.2) is 13.1 Å². The van der Waals surface area contributed by atoms with Crippen LogP contribution in [0.3, 0.4) is 0 Å². The van der Waals surface area contributed by atoms with Gasteiger partial charge >= 0.3 is 0 Å². The summed E-state index contributed by atoms with van der Waals surface area (Å²) >= 11 is 4.45. The van der Waals surface area contributed by atoms with E-state index in [1.165, 1.54) is 11.3 Å². The Morgan fingerprint density at radius 3 is 2.35 bits per heavy atom. The molecule has 4 nitrogen and oxygen atoms in total. The molecular weight excluding hydrogens is 362 g/mol. The number of hydrogen-bond acceptors (Lipinski definition) is 4. The largest absolute Gasteiger partial charge is 0.497 e. The maximum atomic E-state index is 12.2. The Hall–Kier alpha value is -0.890. The van der Waals surface area contributed by atoms with Crippen molar-refractivity contribution in [2.24, 2.45) is 0 Å². The highest BCUT2D eigenvalue weighted by Gasteiger charge is 2.20. The van der Waals surface area contributed by atoms with Gasteiger partial charge in [0.15, 0.2) is 0 Å². The lowest BCUT2D eigenvalue weighted by Gasteiger charge is -2.14. The van der Waals surface area contributed by atoms with E-state index in [0.29, 0.717) is 4.21 Å². The predicted octanol–water partition coefficient (Wildman–Crippen LogP) is 3.56. The van der Waals surface area contributed by atoms with Crippen LogP contribution in [0.4, 0.5) is 0 Å². The molecule has 0 bridgehead atoms. The van der Waals surface area contributed by atoms with E-state index in [1.807, 2.05) is 31.2 Å². The minimum absolute atomic E-state index is 0.296. The van der Waals surface area contributed by atoms with E-state index in [4.69, 9.17) is 4.74 Å². The van der Waals surface area contributed by atoms with Crippen LogP contribution in [0.5, 0.6) is 5.75 Å². The van der Waals surface area contributed by atoms with Gasteiger partial charge in [-0.2, -0.15) is 0 Å². The Labute approximate surface area is 131 Å². The van der Waals surface area contributed by atoms with Gasteiger partial charge in [-0.1, -0.05) is 12.1 Å². The number of ether oxygens (including phenoxy) is 1. The van der Waals surface area contributed by atoms with Crippen molar-refractivity contribution in [1.29, 1.82) is 0 Å². The highest BCUT2D eigenvalue weighted by molar-refractivity contribution is 9.11. The molecule has 1 heterocycles. The van der Waals surface area contributed by atoms with Gasteiger partial charge in [-0.05, 0) is 52.7 Å². The average molecular weight is 376 g/mol. The van der Waals surface area contributed by atoms with Gasteiger partial charge < -0.3 is 4.74 Å². The van der Waals surface area contributed by atoms with Crippen molar-refractivity contribution in [2.75, 3.05) is 7.11 Å². The van der Waals surface area contributed by atoms with Gasteiger partial charge in [0.1, 0.15) is 9.96 Å². The maximum Gasteiger partial charge on any atom is 0.250 e. The molecule has 0 saturated heterocycles. The minimum Gasteiger partial charge on any atom is -0.497 e. The summed E-state index contributed by atoms with van der Waals surface area (Å²) in [6.45, 7) is 1.81. The molecule has 0 amide bonds. The standard InChI is InChI=1S/C13H14BrNO3S2/c1-9(10-3-5-11(18-2)6-4-10)15-20(16,17)13-8-7-12(14)19-13/h3-9,15H,1-2H3/t9-/m1/s1. The molecule has 1 N–H and O–H groups in total. The first-order valence-electron chi connectivity index (χ1n) is 5.84. The molecule has 0 radical (unpaired) electrons. The lowest BCUT2D eigenvalue weighted by atomic mass is 10.1. The van der Waals surface area contributed by atoms with Crippen molar-refractivity contribution >= 4 is 37.3 Å². The van der Waals surface area contributed by atoms with Gasteiger partial charge in [0.2, 0.25) is 0 Å². The van der Waals surface area contributed by atoms with Gasteiger partial charge in [0.05, 0.1) is 10.9 Å². The third-order valence-corrected chi connectivity index (χ3v) is 6.42. The smallest absolute Gasteiger partial charge is 0.250 e. The lowest BCUT2D eigenvalue weighted by Crippen LogP contribution is -2.26. The Morgan fingerprint density at radius 2 is 1.85 bits per heavy atom. The molecule has 108 valence electrons. The molecule has 1 aromatic heterocycles. The molecule has 7 heteroatoms. The zero-order chi connectivity index (χ0) is 14.8. The highest BCUT2D eigenvalue weighted by atomic mass is 79.9. The number of methoxy groups -OCH3 is 1. The summed E-state index contributed by atoms with van der Waals surface area (Å²) in [7, 11) is -1.90. The number of nitrogens with one attached hydrogen (secondary N) is 1. The van der Waals surface area contributed by atoms with Gasteiger partial charge in [0.25, 0.3) is 10.0 Å². The summed E-state index contributed by atoms with van der Waals surface area (Å²) in [5, 5.41) is 0. The zero-order valence-electron chi connectivity index (χ0n) is 11.0. The number of rotatable bonds is 5. The van der Waals surface area contributed by atoms with Crippen LogP contribution in [0.15, 0.2) is 44.4 Å². The first-order chi connectivity index (χ1) is 9.42. The van der Waals surface area contributed by atoms with E-state index < -0.39 is 10.0 Å². The quantitative estimate of drug-likeness (QED) is 0.868. The van der Waals surface area contributed by atoms with E-state index in [-0.39, 0.29) is 6.04 Å². The van der Waals surface area contributed by atoms with Crippen LogP contribution in [0, 0.1) is 0 Å². The Morgan fingerprint density at radius 1 is 1.20 bits per heavy atom. The van der Waals surface area contributed by atoms with E-state index in [2.05, 4.69) is 20.7 Å². The summed E-state index contributed by atoms with van der Waals surface area (Å²) in [5.74, 6) is 0.742. The van der Waals surface area contributed by atoms with Crippen LogP contribution in [0.1, 0.15) is 18.5 Å². The zero-order valence-corrected chi connectivity index (χ0v) is 14.2. The summed E-state index contributed by atoms with van der Waals surface area (Å²) in [4.78, 5) is 0. The van der Waals surface area contributed by atoms with Crippen molar-refractivity contribution in [1.82, 2.24) is 4.72 Å². The third kappa shape index (κ3) is 3.60. The second kappa shape index (κ2) is 6.26. The fourth-order valence-electron chi connectivity index (χ4n) is 1.69. The van der Waals surface area contributed by atoms with Crippen LogP contribution in [-0.2, 0) is 10.0 Å². The van der Waals surface area contributed by atoms with Crippen LogP contribution >= 0.6 is 27.3 Å². The number of benzene rings is 1. The molecule has 1 aromatic carbocycles. The number of thiophene rings is 1. The van der Waals surface area contributed by atoms with E-state index >= 15 is 0 Å². The minimum atomic E-state index is -3.50. The summed E-state index contributed by atoms with van der Waals surface area (Å²) in [6.07, 6.45) is 0. The fraction of sp³-hybridized carbons (Fsp3) is 0.231. The molecule has 0 spiro atoms. The number of sulfonamides is 1. The highest BCUT2D eigenvalue weighted by Crippen LogP contribution is 2.27. The van der Waals surface area contributed by atoms with Crippen LogP contribution in [0.25, 0.3) is 0 Å². The Balaban J connectivity index is 2.15. The van der Waals surface area contributed by atoms with E-state index in [9.17, 15) is 8.42 Å². The SMILES string of the molecule is COc1ccc([C@@H](C)NS(=O)(=O)c2ccc(Br)s2)cc1. The van der Waals surface area contributed by atoms with Crippen LogP contribution in [-0.4, -0.2) is 15.5 Å². The summed E-state index contributed by atoms with van der Waals surface area (Å²) < 4.78 is 33.2. The third-order valence-electron chi connectivity index (χ3n) is 2.76.